The van der Waals surface area contributed by atoms with Crippen LogP contribution >= 0.6 is 11.8 Å². The second-order valence-corrected chi connectivity index (χ2v) is 7.15. The van der Waals surface area contributed by atoms with E-state index in [-0.39, 0.29) is 11.4 Å². The van der Waals surface area contributed by atoms with E-state index in [9.17, 15) is 4.79 Å². The SMILES string of the molecule is CCN(CC)C(=O)CSc1ccc(CNC(C)(C)C)cc1. The van der Waals surface area contributed by atoms with E-state index >= 15 is 0 Å². The number of hydrogen-bond donors (Lipinski definition) is 1. The third-order valence-corrected chi connectivity index (χ3v) is 4.22. The summed E-state index contributed by atoms with van der Waals surface area (Å²) in [5, 5.41) is 3.47. The first-order valence-corrected chi connectivity index (χ1v) is 8.58. The van der Waals surface area contributed by atoms with E-state index in [1.165, 1.54) is 5.56 Å². The van der Waals surface area contributed by atoms with Crippen molar-refractivity contribution >= 4 is 17.7 Å². The standard InChI is InChI=1S/C17H28N2OS/c1-6-19(7-2)16(20)13-21-15-10-8-14(9-11-15)12-18-17(3,4)5/h8-11,18H,6-7,12-13H2,1-5H3. The van der Waals surface area contributed by atoms with Crippen molar-refractivity contribution in [3.8, 4) is 0 Å². The van der Waals surface area contributed by atoms with Crippen molar-refractivity contribution in [2.24, 2.45) is 0 Å². The summed E-state index contributed by atoms with van der Waals surface area (Å²) in [6, 6.07) is 8.45. The van der Waals surface area contributed by atoms with E-state index in [1.807, 2.05) is 18.7 Å². The van der Waals surface area contributed by atoms with Crippen LogP contribution in [0.3, 0.4) is 0 Å². The summed E-state index contributed by atoms with van der Waals surface area (Å²) >= 11 is 1.61. The molecule has 1 aromatic carbocycles. The highest BCUT2D eigenvalue weighted by atomic mass is 32.2. The highest BCUT2D eigenvalue weighted by molar-refractivity contribution is 8.00. The summed E-state index contributed by atoms with van der Waals surface area (Å²) in [5.41, 5.74) is 1.40. The summed E-state index contributed by atoms with van der Waals surface area (Å²) in [6.07, 6.45) is 0. The van der Waals surface area contributed by atoms with E-state index in [1.54, 1.807) is 11.8 Å². The maximum Gasteiger partial charge on any atom is 0.232 e. The number of carbonyl (C=O) groups excluding carboxylic acids is 1. The van der Waals surface area contributed by atoms with Gasteiger partial charge >= 0.3 is 0 Å². The van der Waals surface area contributed by atoms with Gasteiger partial charge in [0.15, 0.2) is 0 Å². The van der Waals surface area contributed by atoms with Crippen LogP contribution in [0.2, 0.25) is 0 Å². The second-order valence-electron chi connectivity index (χ2n) is 6.10. The Labute approximate surface area is 133 Å². The molecular formula is C17H28N2OS. The van der Waals surface area contributed by atoms with Crippen molar-refractivity contribution in [3.05, 3.63) is 29.8 Å². The molecule has 118 valence electrons. The van der Waals surface area contributed by atoms with Gasteiger partial charge in [-0.2, -0.15) is 0 Å². The molecule has 0 spiro atoms. The van der Waals surface area contributed by atoms with Gasteiger partial charge in [0.2, 0.25) is 5.91 Å². The van der Waals surface area contributed by atoms with Crippen LogP contribution in [-0.4, -0.2) is 35.2 Å². The second kappa shape index (κ2) is 8.44. The molecule has 0 unspecified atom stereocenters. The molecule has 0 aliphatic carbocycles. The Kier molecular flexibility index (Phi) is 7.26. The number of rotatable bonds is 7. The van der Waals surface area contributed by atoms with E-state index in [2.05, 4.69) is 50.4 Å². The summed E-state index contributed by atoms with van der Waals surface area (Å²) in [6.45, 7) is 13.0. The first kappa shape index (κ1) is 18.1. The Morgan fingerprint density at radius 2 is 1.71 bits per heavy atom. The first-order chi connectivity index (χ1) is 9.85. The normalized spacial score (nSPS) is 11.5. The molecular weight excluding hydrogens is 280 g/mol. The third-order valence-electron chi connectivity index (χ3n) is 3.22. The monoisotopic (exact) mass is 308 g/mol. The van der Waals surface area contributed by atoms with Gasteiger partial charge in [-0.25, -0.2) is 0 Å². The quantitative estimate of drug-likeness (QED) is 0.782. The molecule has 0 aliphatic rings. The van der Waals surface area contributed by atoms with E-state index in [0.29, 0.717) is 5.75 Å². The van der Waals surface area contributed by atoms with Gasteiger partial charge in [-0.3, -0.25) is 4.79 Å². The molecule has 0 heterocycles. The van der Waals surface area contributed by atoms with Crippen molar-refractivity contribution in [2.75, 3.05) is 18.8 Å². The molecule has 0 radical (unpaired) electrons. The minimum absolute atomic E-state index is 0.129. The molecule has 0 saturated carbocycles. The minimum Gasteiger partial charge on any atom is -0.343 e. The van der Waals surface area contributed by atoms with Gasteiger partial charge in [0.05, 0.1) is 5.75 Å². The first-order valence-electron chi connectivity index (χ1n) is 7.60. The Hall–Kier alpha value is -1.00. The summed E-state index contributed by atoms with van der Waals surface area (Å²) < 4.78 is 0. The third kappa shape index (κ3) is 7.00. The van der Waals surface area contributed by atoms with E-state index < -0.39 is 0 Å². The number of benzene rings is 1. The average molecular weight is 308 g/mol. The van der Waals surface area contributed by atoms with Gasteiger partial charge in [-0.05, 0) is 52.3 Å². The van der Waals surface area contributed by atoms with Gasteiger partial charge in [-0.15, -0.1) is 11.8 Å². The smallest absolute Gasteiger partial charge is 0.232 e. The predicted molar refractivity (Wildman–Crippen MR) is 91.7 cm³/mol. The lowest BCUT2D eigenvalue weighted by Crippen LogP contribution is -2.35. The molecule has 0 aliphatic heterocycles. The topological polar surface area (TPSA) is 32.3 Å². The fourth-order valence-corrected chi connectivity index (χ4v) is 2.68. The molecule has 21 heavy (non-hydrogen) atoms. The maximum atomic E-state index is 12.0. The van der Waals surface area contributed by atoms with Crippen LogP contribution < -0.4 is 5.32 Å². The largest absolute Gasteiger partial charge is 0.343 e. The van der Waals surface area contributed by atoms with Crippen molar-refractivity contribution in [2.45, 2.75) is 51.6 Å². The van der Waals surface area contributed by atoms with Gasteiger partial charge in [-0.1, -0.05) is 12.1 Å². The number of nitrogens with one attached hydrogen (secondary N) is 1. The van der Waals surface area contributed by atoms with Gasteiger partial charge in [0.25, 0.3) is 0 Å². The number of amides is 1. The Bertz CT molecular complexity index is 433. The van der Waals surface area contributed by atoms with Crippen LogP contribution in [0.5, 0.6) is 0 Å². The number of thioether (sulfide) groups is 1. The molecule has 1 rings (SSSR count). The molecule has 1 aromatic rings. The van der Waals surface area contributed by atoms with Crippen molar-refractivity contribution in [1.82, 2.24) is 10.2 Å². The number of hydrogen-bond acceptors (Lipinski definition) is 3. The van der Waals surface area contributed by atoms with Crippen molar-refractivity contribution in [1.29, 1.82) is 0 Å². The molecule has 4 heteroatoms. The number of nitrogens with zero attached hydrogens (tertiary/aromatic N) is 1. The highest BCUT2D eigenvalue weighted by Gasteiger charge is 2.10. The molecule has 0 fully saturated rings. The van der Waals surface area contributed by atoms with Gasteiger partial charge in [0, 0.05) is 30.1 Å². The summed E-state index contributed by atoms with van der Waals surface area (Å²) in [5.74, 6) is 0.727. The van der Waals surface area contributed by atoms with Crippen LogP contribution in [0.4, 0.5) is 0 Å². The maximum absolute atomic E-state index is 12.0. The van der Waals surface area contributed by atoms with Crippen molar-refractivity contribution in [3.63, 3.8) is 0 Å². The zero-order valence-electron chi connectivity index (χ0n) is 13.9. The van der Waals surface area contributed by atoms with E-state index in [4.69, 9.17) is 0 Å². The summed E-state index contributed by atoms with van der Waals surface area (Å²) in [4.78, 5) is 15.0. The van der Waals surface area contributed by atoms with Crippen molar-refractivity contribution < 1.29 is 4.79 Å². The molecule has 0 bridgehead atoms. The van der Waals surface area contributed by atoms with Gasteiger partial charge < -0.3 is 10.2 Å². The molecule has 3 nitrogen and oxygen atoms in total. The summed E-state index contributed by atoms with van der Waals surface area (Å²) in [7, 11) is 0. The Balaban J connectivity index is 2.46. The molecule has 0 atom stereocenters. The number of carbonyl (C=O) groups is 1. The van der Waals surface area contributed by atoms with E-state index in [0.717, 1.165) is 24.5 Å². The van der Waals surface area contributed by atoms with Crippen LogP contribution in [0.15, 0.2) is 29.2 Å². The Morgan fingerprint density at radius 1 is 1.14 bits per heavy atom. The van der Waals surface area contributed by atoms with Crippen LogP contribution in [0.1, 0.15) is 40.2 Å². The fourth-order valence-electron chi connectivity index (χ4n) is 1.88. The zero-order chi connectivity index (χ0) is 15.9. The lowest BCUT2D eigenvalue weighted by molar-refractivity contribution is -0.127. The van der Waals surface area contributed by atoms with Crippen LogP contribution in [-0.2, 0) is 11.3 Å². The minimum atomic E-state index is 0.129. The fraction of sp³-hybridized carbons (Fsp3) is 0.588. The molecule has 1 amide bonds. The molecule has 1 N–H and O–H groups in total. The highest BCUT2D eigenvalue weighted by Crippen LogP contribution is 2.19. The van der Waals surface area contributed by atoms with Crippen LogP contribution in [0, 0.1) is 0 Å². The van der Waals surface area contributed by atoms with Crippen LogP contribution in [0.25, 0.3) is 0 Å². The molecule has 0 aromatic heterocycles. The molecule has 0 saturated heterocycles. The average Bonchev–Trinajstić information content (AvgIpc) is 2.44. The van der Waals surface area contributed by atoms with Gasteiger partial charge in [0.1, 0.15) is 0 Å². The predicted octanol–water partition coefficient (Wildman–Crippen LogP) is 3.54. The zero-order valence-corrected chi connectivity index (χ0v) is 14.7. The lowest BCUT2D eigenvalue weighted by atomic mass is 10.1. The lowest BCUT2D eigenvalue weighted by Gasteiger charge is -2.20. The Morgan fingerprint density at radius 3 is 2.19 bits per heavy atom.